The Morgan fingerprint density at radius 2 is 1.60 bits per heavy atom. The van der Waals surface area contributed by atoms with E-state index in [0.717, 1.165) is 16.9 Å². The van der Waals surface area contributed by atoms with E-state index in [1.807, 2.05) is 30.5 Å². The van der Waals surface area contributed by atoms with Crippen molar-refractivity contribution in [2.24, 2.45) is 0 Å². The minimum atomic E-state index is -0.210. The lowest BCUT2D eigenvalue weighted by Gasteiger charge is -2.11. The molecule has 0 saturated heterocycles. The van der Waals surface area contributed by atoms with Gasteiger partial charge in [-0.25, -0.2) is 4.39 Å². The van der Waals surface area contributed by atoms with E-state index < -0.39 is 0 Å². The molecule has 0 aliphatic heterocycles. The Morgan fingerprint density at radius 1 is 0.850 bits per heavy atom. The molecule has 3 aromatic rings. The molecule has 20 heavy (non-hydrogen) atoms. The van der Waals surface area contributed by atoms with Crippen LogP contribution in [0, 0.1) is 19.7 Å². The van der Waals surface area contributed by atoms with E-state index in [9.17, 15) is 4.39 Å². The predicted molar refractivity (Wildman–Crippen MR) is 80.6 cm³/mol. The number of benzene rings is 2. The molecule has 0 atom stereocenters. The van der Waals surface area contributed by atoms with E-state index in [1.165, 1.54) is 23.3 Å². The summed E-state index contributed by atoms with van der Waals surface area (Å²) in [7, 11) is 0. The topological polar surface area (TPSA) is 4.93 Å². The van der Waals surface area contributed by atoms with Gasteiger partial charge in [-0.2, -0.15) is 0 Å². The molecule has 0 spiro atoms. The third-order valence-corrected chi connectivity index (χ3v) is 3.66. The number of aryl methyl sites for hydroxylation is 2. The summed E-state index contributed by atoms with van der Waals surface area (Å²) < 4.78 is 15.2. The van der Waals surface area contributed by atoms with Crippen molar-refractivity contribution in [3.63, 3.8) is 0 Å². The molecule has 1 nitrogen and oxygen atoms in total. The lowest BCUT2D eigenvalue weighted by molar-refractivity contribution is 0.628. The molecule has 0 fully saturated rings. The molecule has 1 aromatic heterocycles. The Morgan fingerprint density at radius 3 is 2.30 bits per heavy atom. The molecule has 0 radical (unpaired) electrons. The van der Waals surface area contributed by atoms with Gasteiger partial charge in [0, 0.05) is 11.9 Å². The highest BCUT2D eigenvalue weighted by atomic mass is 19.1. The highest BCUT2D eigenvalue weighted by Crippen LogP contribution is 2.25. The molecule has 0 aliphatic carbocycles. The average Bonchev–Trinajstić information content (AvgIpc) is 2.92. The maximum atomic E-state index is 13.0. The zero-order valence-corrected chi connectivity index (χ0v) is 11.6. The van der Waals surface area contributed by atoms with Crippen molar-refractivity contribution in [1.29, 1.82) is 0 Å². The van der Waals surface area contributed by atoms with Gasteiger partial charge in [0.05, 0.1) is 5.69 Å². The van der Waals surface area contributed by atoms with Crippen molar-refractivity contribution in [2.75, 3.05) is 0 Å². The van der Waals surface area contributed by atoms with Gasteiger partial charge in [-0.1, -0.05) is 6.07 Å². The Bertz CT molecular complexity index is 738. The standard InChI is InChI=1S/C18H16FN/c1-13-5-10-17(12-14(13)2)20-11-3-4-18(20)15-6-8-16(19)9-7-15/h3-12H,1-2H3. The normalized spacial score (nSPS) is 10.8. The Labute approximate surface area is 118 Å². The summed E-state index contributed by atoms with van der Waals surface area (Å²) in [4.78, 5) is 0. The lowest BCUT2D eigenvalue weighted by Crippen LogP contribution is -1.96. The van der Waals surface area contributed by atoms with Crippen molar-refractivity contribution >= 4 is 0 Å². The van der Waals surface area contributed by atoms with E-state index in [-0.39, 0.29) is 5.82 Å². The van der Waals surface area contributed by atoms with Crippen molar-refractivity contribution in [3.05, 3.63) is 77.7 Å². The van der Waals surface area contributed by atoms with Crippen LogP contribution in [0.4, 0.5) is 4.39 Å². The monoisotopic (exact) mass is 265 g/mol. The summed E-state index contributed by atoms with van der Waals surface area (Å²) in [5.41, 5.74) is 5.74. The van der Waals surface area contributed by atoms with Crippen LogP contribution >= 0.6 is 0 Å². The van der Waals surface area contributed by atoms with E-state index >= 15 is 0 Å². The Kier molecular flexibility index (Phi) is 3.15. The van der Waals surface area contributed by atoms with Gasteiger partial charge >= 0.3 is 0 Å². The molecule has 0 amide bonds. The van der Waals surface area contributed by atoms with Gasteiger partial charge in [0.15, 0.2) is 0 Å². The summed E-state index contributed by atoms with van der Waals surface area (Å²) in [6.45, 7) is 4.22. The molecule has 0 N–H and O–H groups in total. The summed E-state index contributed by atoms with van der Waals surface area (Å²) in [5, 5.41) is 0. The second-order valence-electron chi connectivity index (χ2n) is 5.04. The van der Waals surface area contributed by atoms with Crippen LogP contribution in [-0.2, 0) is 0 Å². The van der Waals surface area contributed by atoms with Gasteiger partial charge in [0.25, 0.3) is 0 Å². The van der Waals surface area contributed by atoms with Crippen LogP contribution in [-0.4, -0.2) is 4.57 Å². The van der Waals surface area contributed by atoms with Gasteiger partial charge in [0.2, 0.25) is 0 Å². The van der Waals surface area contributed by atoms with Gasteiger partial charge in [0.1, 0.15) is 5.82 Å². The molecule has 2 aromatic carbocycles. The third-order valence-electron chi connectivity index (χ3n) is 3.66. The number of nitrogens with zero attached hydrogens (tertiary/aromatic N) is 1. The minimum Gasteiger partial charge on any atom is -0.317 e. The number of hydrogen-bond acceptors (Lipinski definition) is 0. The second-order valence-corrected chi connectivity index (χ2v) is 5.04. The first-order valence-electron chi connectivity index (χ1n) is 6.66. The third kappa shape index (κ3) is 2.25. The van der Waals surface area contributed by atoms with Crippen LogP contribution in [0.2, 0.25) is 0 Å². The predicted octanol–water partition coefficient (Wildman–Crippen LogP) is 4.90. The molecular weight excluding hydrogens is 249 g/mol. The van der Waals surface area contributed by atoms with Crippen LogP contribution in [0.3, 0.4) is 0 Å². The first kappa shape index (κ1) is 12.7. The molecule has 2 heteroatoms. The Hall–Kier alpha value is -2.35. The molecule has 100 valence electrons. The number of halogens is 1. The molecule has 0 unspecified atom stereocenters. The van der Waals surface area contributed by atoms with Crippen molar-refractivity contribution in [1.82, 2.24) is 4.57 Å². The highest BCUT2D eigenvalue weighted by Gasteiger charge is 2.06. The van der Waals surface area contributed by atoms with Gasteiger partial charge < -0.3 is 4.57 Å². The first-order valence-corrected chi connectivity index (χ1v) is 6.66. The van der Waals surface area contributed by atoms with Crippen molar-refractivity contribution in [2.45, 2.75) is 13.8 Å². The maximum absolute atomic E-state index is 13.0. The van der Waals surface area contributed by atoms with Crippen LogP contribution in [0.25, 0.3) is 16.9 Å². The smallest absolute Gasteiger partial charge is 0.123 e. The molecule has 3 rings (SSSR count). The maximum Gasteiger partial charge on any atom is 0.123 e. The fourth-order valence-corrected chi connectivity index (χ4v) is 2.34. The fraction of sp³-hybridized carbons (Fsp3) is 0.111. The van der Waals surface area contributed by atoms with E-state index in [2.05, 4.69) is 36.6 Å². The van der Waals surface area contributed by atoms with Crippen LogP contribution in [0.5, 0.6) is 0 Å². The van der Waals surface area contributed by atoms with Crippen LogP contribution < -0.4 is 0 Å². The van der Waals surface area contributed by atoms with Crippen molar-refractivity contribution < 1.29 is 4.39 Å². The van der Waals surface area contributed by atoms with Gasteiger partial charge in [-0.05, 0) is 79.1 Å². The number of hydrogen-bond donors (Lipinski definition) is 0. The zero-order valence-electron chi connectivity index (χ0n) is 11.6. The number of aromatic nitrogens is 1. The second kappa shape index (κ2) is 4.97. The van der Waals surface area contributed by atoms with Crippen LogP contribution in [0.15, 0.2) is 60.8 Å². The van der Waals surface area contributed by atoms with Gasteiger partial charge in [-0.15, -0.1) is 0 Å². The fourth-order valence-electron chi connectivity index (χ4n) is 2.34. The molecule has 1 heterocycles. The lowest BCUT2D eigenvalue weighted by atomic mass is 10.1. The molecular formula is C18H16FN. The quantitative estimate of drug-likeness (QED) is 0.621. The van der Waals surface area contributed by atoms with Crippen LogP contribution in [0.1, 0.15) is 11.1 Å². The van der Waals surface area contributed by atoms with E-state index in [0.29, 0.717) is 0 Å². The first-order chi connectivity index (χ1) is 9.65. The summed E-state index contributed by atoms with van der Waals surface area (Å²) in [5.74, 6) is -0.210. The summed E-state index contributed by atoms with van der Waals surface area (Å²) in [6, 6.07) is 17.1. The SMILES string of the molecule is Cc1ccc(-n2cccc2-c2ccc(F)cc2)cc1C. The summed E-state index contributed by atoms with van der Waals surface area (Å²) in [6.07, 6.45) is 2.03. The summed E-state index contributed by atoms with van der Waals surface area (Å²) >= 11 is 0. The largest absolute Gasteiger partial charge is 0.317 e. The molecule has 0 saturated carbocycles. The highest BCUT2D eigenvalue weighted by molar-refractivity contribution is 5.63. The average molecular weight is 265 g/mol. The molecule has 0 bridgehead atoms. The van der Waals surface area contributed by atoms with Crippen molar-refractivity contribution in [3.8, 4) is 16.9 Å². The van der Waals surface area contributed by atoms with E-state index in [1.54, 1.807) is 0 Å². The van der Waals surface area contributed by atoms with E-state index in [4.69, 9.17) is 0 Å². The minimum absolute atomic E-state index is 0.210. The number of rotatable bonds is 2. The molecule has 0 aliphatic rings. The Balaban J connectivity index is 2.10. The zero-order chi connectivity index (χ0) is 14.1. The van der Waals surface area contributed by atoms with Gasteiger partial charge in [-0.3, -0.25) is 0 Å².